The standard InChI is InChI=1S/C17H22BrN3O3/c1-23-11-12-24-16-4-3-14(18)13-15(16)17(22)21-9-7-20(8-10-21)6-2-5-19/h3-4,13H,2,6-12H2,1H3. The number of nitriles is 1. The molecule has 0 saturated carbocycles. The second kappa shape index (κ2) is 9.62. The lowest BCUT2D eigenvalue weighted by Crippen LogP contribution is -2.48. The largest absolute Gasteiger partial charge is 0.490 e. The number of carbonyl (C=O) groups is 1. The first-order valence-corrected chi connectivity index (χ1v) is 8.75. The van der Waals surface area contributed by atoms with Crippen LogP contribution < -0.4 is 4.74 Å². The predicted octanol–water partition coefficient (Wildman–Crippen LogP) is 2.15. The number of benzene rings is 1. The molecule has 7 heteroatoms. The first-order chi connectivity index (χ1) is 11.7. The molecule has 0 N–H and O–H groups in total. The first kappa shape index (κ1) is 18.7. The molecule has 0 bridgehead atoms. The van der Waals surface area contributed by atoms with Crippen molar-refractivity contribution in [3.05, 3.63) is 28.2 Å². The fourth-order valence-electron chi connectivity index (χ4n) is 2.58. The Hall–Kier alpha value is -1.62. The molecule has 0 spiro atoms. The molecule has 2 rings (SSSR count). The van der Waals surface area contributed by atoms with E-state index in [0.29, 0.717) is 44.0 Å². The smallest absolute Gasteiger partial charge is 0.257 e. The molecule has 0 atom stereocenters. The molecule has 1 heterocycles. The third kappa shape index (κ3) is 5.20. The van der Waals surface area contributed by atoms with Gasteiger partial charge < -0.3 is 14.4 Å². The van der Waals surface area contributed by atoms with Crippen LogP contribution in [0.25, 0.3) is 0 Å². The summed E-state index contributed by atoms with van der Waals surface area (Å²) in [5.74, 6) is 0.552. The number of carbonyl (C=O) groups excluding carboxylic acids is 1. The van der Waals surface area contributed by atoms with Gasteiger partial charge in [0, 0.05) is 50.7 Å². The van der Waals surface area contributed by atoms with Gasteiger partial charge >= 0.3 is 0 Å². The van der Waals surface area contributed by atoms with Crippen LogP contribution in [0.4, 0.5) is 0 Å². The third-order valence-corrected chi connectivity index (χ3v) is 4.41. The maximum Gasteiger partial charge on any atom is 0.257 e. The molecule has 0 aromatic heterocycles. The molecule has 6 nitrogen and oxygen atoms in total. The molecule has 0 radical (unpaired) electrons. The van der Waals surface area contributed by atoms with Gasteiger partial charge in [0.15, 0.2) is 0 Å². The summed E-state index contributed by atoms with van der Waals surface area (Å²) < 4.78 is 11.5. The van der Waals surface area contributed by atoms with Crippen molar-refractivity contribution >= 4 is 21.8 Å². The minimum atomic E-state index is -0.0244. The SMILES string of the molecule is COCCOc1ccc(Br)cc1C(=O)N1CCN(CCC#N)CC1. The Balaban J connectivity index is 2.01. The van der Waals surface area contributed by atoms with E-state index in [-0.39, 0.29) is 5.91 Å². The third-order valence-electron chi connectivity index (χ3n) is 3.92. The van der Waals surface area contributed by atoms with E-state index >= 15 is 0 Å². The number of halogens is 1. The minimum Gasteiger partial charge on any atom is -0.490 e. The number of hydrogen-bond donors (Lipinski definition) is 0. The Labute approximate surface area is 151 Å². The number of piperazine rings is 1. The van der Waals surface area contributed by atoms with Crippen LogP contribution >= 0.6 is 15.9 Å². The van der Waals surface area contributed by atoms with Gasteiger partial charge in [-0.1, -0.05) is 15.9 Å². The van der Waals surface area contributed by atoms with E-state index in [1.165, 1.54) is 0 Å². The van der Waals surface area contributed by atoms with E-state index in [2.05, 4.69) is 26.9 Å². The maximum absolute atomic E-state index is 12.8. The summed E-state index contributed by atoms with van der Waals surface area (Å²) in [4.78, 5) is 16.9. The average molecular weight is 396 g/mol. The predicted molar refractivity (Wildman–Crippen MR) is 94.1 cm³/mol. The topological polar surface area (TPSA) is 65.8 Å². The highest BCUT2D eigenvalue weighted by atomic mass is 79.9. The quantitative estimate of drug-likeness (QED) is 0.661. The number of ether oxygens (including phenoxy) is 2. The van der Waals surface area contributed by atoms with Crippen molar-refractivity contribution in [1.82, 2.24) is 9.80 Å². The lowest BCUT2D eigenvalue weighted by atomic mass is 10.1. The maximum atomic E-state index is 12.8. The van der Waals surface area contributed by atoms with Crippen molar-refractivity contribution in [2.75, 3.05) is 53.0 Å². The molecule has 1 saturated heterocycles. The van der Waals surface area contributed by atoms with Gasteiger partial charge in [-0.2, -0.15) is 5.26 Å². The molecule has 0 aliphatic carbocycles. The Kier molecular flexibility index (Phi) is 7.50. The van der Waals surface area contributed by atoms with Gasteiger partial charge in [0.1, 0.15) is 12.4 Å². The van der Waals surface area contributed by atoms with E-state index in [1.807, 2.05) is 11.0 Å². The van der Waals surface area contributed by atoms with Crippen LogP contribution in [0.15, 0.2) is 22.7 Å². The van der Waals surface area contributed by atoms with Gasteiger partial charge in [0.2, 0.25) is 0 Å². The van der Waals surface area contributed by atoms with Crippen LogP contribution in [-0.4, -0.2) is 68.8 Å². The fraction of sp³-hybridized carbons (Fsp3) is 0.529. The molecule has 1 aliphatic heterocycles. The molecule has 130 valence electrons. The number of amides is 1. The van der Waals surface area contributed by atoms with Gasteiger partial charge in [-0.15, -0.1) is 0 Å². The lowest BCUT2D eigenvalue weighted by molar-refractivity contribution is 0.0633. The van der Waals surface area contributed by atoms with E-state index in [0.717, 1.165) is 24.1 Å². The van der Waals surface area contributed by atoms with Crippen molar-refractivity contribution in [1.29, 1.82) is 5.26 Å². The highest BCUT2D eigenvalue weighted by Crippen LogP contribution is 2.25. The average Bonchev–Trinajstić information content (AvgIpc) is 2.61. The summed E-state index contributed by atoms with van der Waals surface area (Å²) in [6.45, 7) is 4.55. The van der Waals surface area contributed by atoms with Crippen LogP contribution in [0, 0.1) is 11.3 Å². The Morgan fingerprint density at radius 1 is 1.29 bits per heavy atom. The van der Waals surface area contributed by atoms with Crippen LogP contribution in [0.2, 0.25) is 0 Å². The number of methoxy groups -OCH3 is 1. The van der Waals surface area contributed by atoms with Gasteiger partial charge in [-0.3, -0.25) is 9.69 Å². The Morgan fingerprint density at radius 2 is 2.04 bits per heavy atom. The van der Waals surface area contributed by atoms with Crippen molar-refractivity contribution in [3.63, 3.8) is 0 Å². The van der Waals surface area contributed by atoms with Gasteiger partial charge in [-0.05, 0) is 18.2 Å². The number of hydrogen-bond acceptors (Lipinski definition) is 5. The monoisotopic (exact) mass is 395 g/mol. The van der Waals surface area contributed by atoms with Crippen LogP contribution in [0.3, 0.4) is 0 Å². The second-order valence-electron chi connectivity index (χ2n) is 5.52. The Morgan fingerprint density at radius 3 is 2.71 bits per heavy atom. The highest BCUT2D eigenvalue weighted by molar-refractivity contribution is 9.10. The molecule has 1 amide bonds. The molecular weight excluding hydrogens is 374 g/mol. The first-order valence-electron chi connectivity index (χ1n) is 7.95. The molecule has 1 fully saturated rings. The molecule has 24 heavy (non-hydrogen) atoms. The second-order valence-corrected chi connectivity index (χ2v) is 6.44. The van der Waals surface area contributed by atoms with Crippen molar-refractivity contribution < 1.29 is 14.3 Å². The fourth-order valence-corrected chi connectivity index (χ4v) is 2.94. The zero-order valence-corrected chi connectivity index (χ0v) is 15.4. The molecule has 0 unspecified atom stereocenters. The van der Waals surface area contributed by atoms with E-state index in [1.54, 1.807) is 19.2 Å². The summed E-state index contributed by atoms with van der Waals surface area (Å²) in [5.41, 5.74) is 0.561. The van der Waals surface area contributed by atoms with Crippen LogP contribution in [0.1, 0.15) is 16.8 Å². The van der Waals surface area contributed by atoms with Crippen molar-refractivity contribution in [2.45, 2.75) is 6.42 Å². The summed E-state index contributed by atoms with van der Waals surface area (Å²) in [5, 5.41) is 8.66. The van der Waals surface area contributed by atoms with Crippen molar-refractivity contribution in [2.24, 2.45) is 0 Å². The molecule has 1 aromatic rings. The molecular formula is C17H22BrN3O3. The van der Waals surface area contributed by atoms with E-state index in [4.69, 9.17) is 14.7 Å². The van der Waals surface area contributed by atoms with E-state index < -0.39 is 0 Å². The van der Waals surface area contributed by atoms with Gasteiger partial charge in [0.05, 0.1) is 18.2 Å². The van der Waals surface area contributed by atoms with Crippen LogP contribution in [-0.2, 0) is 4.74 Å². The summed E-state index contributed by atoms with van der Waals surface area (Å²) in [6.07, 6.45) is 0.525. The number of rotatable bonds is 7. The minimum absolute atomic E-state index is 0.0244. The molecule has 1 aromatic carbocycles. The normalized spacial score (nSPS) is 15.1. The van der Waals surface area contributed by atoms with Gasteiger partial charge in [-0.25, -0.2) is 0 Å². The zero-order chi connectivity index (χ0) is 17.4. The van der Waals surface area contributed by atoms with Crippen LogP contribution in [0.5, 0.6) is 5.75 Å². The van der Waals surface area contributed by atoms with Crippen molar-refractivity contribution in [3.8, 4) is 11.8 Å². The molecule has 1 aliphatic rings. The summed E-state index contributed by atoms with van der Waals surface area (Å²) in [6, 6.07) is 7.62. The lowest BCUT2D eigenvalue weighted by Gasteiger charge is -2.34. The summed E-state index contributed by atoms with van der Waals surface area (Å²) >= 11 is 3.42. The van der Waals surface area contributed by atoms with Gasteiger partial charge in [0.25, 0.3) is 5.91 Å². The Bertz CT molecular complexity index is 595. The zero-order valence-electron chi connectivity index (χ0n) is 13.8. The van der Waals surface area contributed by atoms with E-state index in [9.17, 15) is 4.79 Å². The highest BCUT2D eigenvalue weighted by Gasteiger charge is 2.24. The summed E-state index contributed by atoms with van der Waals surface area (Å²) in [7, 11) is 1.61. The number of nitrogens with zero attached hydrogens (tertiary/aromatic N) is 3.